The van der Waals surface area contributed by atoms with Crippen molar-refractivity contribution in [2.45, 2.75) is 19.5 Å². The third-order valence-corrected chi connectivity index (χ3v) is 6.44. The van der Waals surface area contributed by atoms with Crippen LogP contribution < -0.4 is 10.2 Å². The molecule has 7 heteroatoms. The Morgan fingerprint density at radius 1 is 1.10 bits per heavy atom. The lowest BCUT2D eigenvalue weighted by molar-refractivity contribution is 0.0935. The van der Waals surface area contributed by atoms with Crippen molar-refractivity contribution in [1.29, 1.82) is 0 Å². The highest BCUT2D eigenvalue weighted by atomic mass is 35.5. The number of nitrogens with zero attached hydrogens (tertiary/aromatic N) is 3. The van der Waals surface area contributed by atoms with Crippen LogP contribution in [0.4, 0.5) is 5.69 Å². The van der Waals surface area contributed by atoms with E-state index in [-0.39, 0.29) is 11.9 Å². The molecule has 0 radical (unpaired) electrons. The van der Waals surface area contributed by atoms with Crippen molar-refractivity contribution in [2.75, 3.05) is 31.1 Å². The minimum atomic E-state index is -0.124. The zero-order valence-corrected chi connectivity index (χ0v) is 18.5. The van der Waals surface area contributed by atoms with Gasteiger partial charge in [0.1, 0.15) is 10.7 Å². The Morgan fingerprint density at radius 2 is 1.80 bits per heavy atom. The molecule has 5 nitrogen and oxygen atoms in total. The molecule has 0 unspecified atom stereocenters. The molecule has 3 aromatic rings. The second-order valence-corrected chi connectivity index (χ2v) is 8.85. The Kier molecular flexibility index (Phi) is 6.67. The number of hydrogen-bond acceptors (Lipinski definition) is 5. The average molecular weight is 441 g/mol. The summed E-state index contributed by atoms with van der Waals surface area (Å²) in [5, 5.41) is 6.63. The summed E-state index contributed by atoms with van der Waals surface area (Å²) in [6.45, 7) is 6.63. The lowest BCUT2D eigenvalue weighted by Gasteiger charge is -2.35. The predicted octanol–water partition coefficient (Wildman–Crippen LogP) is 4.61. The van der Waals surface area contributed by atoms with Gasteiger partial charge in [-0.1, -0.05) is 41.9 Å². The minimum absolute atomic E-state index is 0.0511. The van der Waals surface area contributed by atoms with Gasteiger partial charge in [-0.15, -0.1) is 11.3 Å². The standard InChI is InChI=1S/C23H25ClN4OS/c1-17(18-5-3-2-4-6-18)25-23(29)21-16-30-22(26-21)15-27-11-13-28(14-12-27)20-9-7-19(24)8-10-20/h2-10,16-17H,11-15H2,1H3,(H,25,29)/t17-/m0/s1. The van der Waals surface area contributed by atoms with Gasteiger partial charge in [0.25, 0.3) is 5.91 Å². The van der Waals surface area contributed by atoms with Gasteiger partial charge < -0.3 is 10.2 Å². The summed E-state index contributed by atoms with van der Waals surface area (Å²) in [5.74, 6) is -0.124. The third-order valence-electron chi connectivity index (χ3n) is 5.35. The molecule has 0 bridgehead atoms. The number of aromatic nitrogens is 1. The summed E-state index contributed by atoms with van der Waals surface area (Å²) in [6.07, 6.45) is 0. The van der Waals surface area contributed by atoms with E-state index in [0.717, 1.165) is 48.3 Å². The predicted molar refractivity (Wildman–Crippen MR) is 123 cm³/mol. The van der Waals surface area contributed by atoms with Crippen LogP contribution >= 0.6 is 22.9 Å². The highest BCUT2D eigenvalue weighted by Crippen LogP contribution is 2.21. The Hall–Kier alpha value is -2.41. The number of amides is 1. The van der Waals surface area contributed by atoms with E-state index < -0.39 is 0 Å². The van der Waals surface area contributed by atoms with Crippen LogP contribution in [0.15, 0.2) is 60.0 Å². The summed E-state index contributed by atoms with van der Waals surface area (Å²) >= 11 is 7.54. The number of benzene rings is 2. The molecule has 2 heterocycles. The first-order valence-corrected chi connectivity index (χ1v) is 11.4. The summed E-state index contributed by atoms with van der Waals surface area (Å²) in [4.78, 5) is 21.9. The van der Waals surface area contributed by atoms with Crippen LogP contribution in [-0.4, -0.2) is 42.0 Å². The number of nitrogens with one attached hydrogen (secondary N) is 1. The molecule has 4 rings (SSSR count). The summed E-state index contributed by atoms with van der Waals surface area (Å²) in [7, 11) is 0. The van der Waals surface area contributed by atoms with Crippen molar-refractivity contribution in [3.05, 3.63) is 81.3 Å². The minimum Gasteiger partial charge on any atom is -0.369 e. The number of anilines is 1. The molecule has 0 spiro atoms. The molecule has 1 aliphatic heterocycles. The van der Waals surface area contributed by atoms with Gasteiger partial charge in [-0.25, -0.2) is 4.98 Å². The molecule has 30 heavy (non-hydrogen) atoms. The van der Waals surface area contributed by atoms with E-state index in [1.165, 1.54) is 5.69 Å². The van der Waals surface area contributed by atoms with Gasteiger partial charge in [-0.05, 0) is 36.8 Å². The van der Waals surface area contributed by atoms with Gasteiger partial charge in [0.15, 0.2) is 0 Å². The number of carbonyl (C=O) groups excluding carboxylic acids is 1. The summed E-state index contributed by atoms with van der Waals surface area (Å²) < 4.78 is 0. The normalized spacial score (nSPS) is 15.7. The molecule has 1 amide bonds. The van der Waals surface area contributed by atoms with E-state index in [4.69, 9.17) is 11.6 Å². The molecule has 0 saturated carbocycles. The smallest absolute Gasteiger partial charge is 0.271 e. The number of carbonyl (C=O) groups is 1. The fourth-order valence-corrected chi connectivity index (χ4v) is 4.53. The van der Waals surface area contributed by atoms with Crippen molar-refractivity contribution in [3.63, 3.8) is 0 Å². The van der Waals surface area contributed by atoms with Crippen molar-refractivity contribution >= 4 is 34.5 Å². The molecule has 1 saturated heterocycles. The first-order chi connectivity index (χ1) is 14.6. The van der Waals surface area contributed by atoms with Gasteiger partial charge in [-0.3, -0.25) is 9.69 Å². The van der Waals surface area contributed by atoms with E-state index in [0.29, 0.717) is 5.69 Å². The van der Waals surface area contributed by atoms with E-state index in [9.17, 15) is 4.79 Å². The van der Waals surface area contributed by atoms with Crippen LogP contribution in [0.3, 0.4) is 0 Å². The van der Waals surface area contributed by atoms with E-state index >= 15 is 0 Å². The zero-order valence-electron chi connectivity index (χ0n) is 16.9. The van der Waals surface area contributed by atoms with Gasteiger partial charge >= 0.3 is 0 Å². The first kappa shape index (κ1) is 20.8. The fraction of sp³-hybridized carbons (Fsp3) is 0.304. The number of piperazine rings is 1. The largest absolute Gasteiger partial charge is 0.369 e. The van der Waals surface area contributed by atoms with E-state index in [2.05, 4.69) is 32.2 Å². The molecular weight excluding hydrogens is 416 g/mol. The maximum absolute atomic E-state index is 12.6. The molecule has 1 atom stereocenters. The van der Waals surface area contributed by atoms with Gasteiger partial charge in [0, 0.05) is 42.3 Å². The Balaban J connectivity index is 1.28. The van der Waals surface area contributed by atoms with Crippen LogP contribution in [0.5, 0.6) is 0 Å². The fourth-order valence-electron chi connectivity index (χ4n) is 3.59. The number of halogens is 1. The average Bonchev–Trinajstić information content (AvgIpc) is 3.24. The van der Waals surface area contributed by atoms with Crippen LogP contribution in [0.1, 0.15) is 34.0 Å². The highest BCUT2D eigenvalue weighted by Gasteiger charge is 2.20. The SMILES string of the molecule is C[C@H](NC(=O)c1csc(CN2CCN(c3ccc(Cl)cc3)CC2)n1)c1ccccc1. The number of hydrogen-bond donors (Lipinski definition) is 1. The Labute approximate surface area is 186 Å². The van der Waals surface area contributed by atoms with Crippen molar-refractivity contribution in [1.82, 2.24) is 15.2 Å². The first-order valence-electron chi connectivity index (χ1n) is 10.1. The quantitative estimate of drug-likeness (QED) is 0.608. The topological polar surface area (TPSA) is 48.5 Å². The second-order valence-electron chi connectivity index (χ2n) is 7.47. The van der Waals surface area contributed by atoms with Crippen molar-refractivity contribution < 1.29 is 4.79 Å². The zero-order chi connectivity index (χ0) is 20.9. The van der Waals surface area contributed by atoms with E-state index in [1.54, 1.807) is 11.3 Å². The highest BCUT2D eigenvalue weighted by molar-refractivity contribution is 7.09. The summed E-state index contributed by atoms with van der Waals surface area (Å²) in [6, 6.07) is 17.9. The van der Waals surface area contributed by atoms with Gasteiger partial charge in [-0.2, -0.15) is 0 Å². The molecule has 1 N–H and O–H groups in total. The monoisotopic (exact) mass is 440 g/mol. The molecular formula is C23H25ClN4OS. The van der Waals surface area contributed by atoms with Crippen LogP contribution in [0, 0.1) is 0 Å². The van der Waals surface area contributed by atoms with Crippen LogP contribution in [-0.2, 0) is 6.54 Å². The van der Waals surface area contributed by atoms with Crippen molar-refractivity contribution in [3.8, 4) is 0 Å². The molecule has 0 aliphatic carbocycles. The van der Waals surface area contributed by atoms with Gasteiger partial charge in [0.05, 0.1) is 12.6 Å². The molecule has 156 valence electrons. The van der Waals surface area contributed by atoms with Crippen LogP contribution in [0.25, 0.3) is 0 Å². The summed E-state index contributed by atoms with van der Waals surface area (Å²) in [5.41, 5.74) is 2.79. The number of thiazole rings is 1. The Bertz CT molecular complexity index is 968. The maximum Gasteiger partial charge on any atom is 0.271 e. The Morgan fingerprint density at radius 3 is 2.50 bits per heavy atom. The molecule has 1 fully saturated rings. The third kappa shape index (κ3) is 5.19. The van der Waals surface area contributed by atoms with Crippen LogP contribution in [0.2, 0.25) is 5.02 Å². The molecule has 1 aliphatic rings. The maximum atomic E-state index is 12.6. The lowest BCUT2D eigenvalue weighted by atomic mass is 10.1. The van der Waals surface area contributed by atoms with Crippen molar-refractivity contribution in [2.24, 2.45) is 0 Å². The second kappa shape index (κ2) is 9.60. The molecule has 2 aromatic carbocycles. The molecule has 1 aromatic heterocycles. The number of rotatable bonds is 6. The lowest BCUT2D eigenvalue weighted by Crippen LogP contribution is -2.45. The van der Waals surface area contributed by atoms with Gasteiger partial charge in [0.2, 0.25) is 0 Å². The van der Waals surface area contributed by atoms with E-state index in [1.807, 2.05) is 54.8 Å².